The van der Waals surface area contributed by atoms with E-state index in [1.165, 1.54) is 0 Å². The number of rotatable bonds is 6. The number of carbonyl (C=O) groups is 2. The van der Waals surface area contributed by atoms with Crippen LogP contribution in [0.1, 0.15) is 30.0 Å². The Morgan fingerprint density at radius 1 is 1.07 bits per heavy atom. The van der Waals surface area contributed by atoms with Crippen molar-refractivity contribution in [2.45, 2.75) is 25.3 Å². The van der Waals surface area contributed by atoms with Gasteiger partial charge in [-0.25, -0.2) is 0 Å². The molecule has 142 valence electrons. The van der Waals surface area contributed by atoms with Crippen LogP contribution >= 0.6 is 0 Å². The number of nitrogens with two attached hydrogens (primary N) is 1. The highest BCUT2D eigenvalue weighted by Gasteiger charge is 2.28. The van der Waals surface area contributed by atoms with E-state index in [9.17, 15) is 9.59 Å². The van der Waals surface area contributed by atoms with Crippen LogP contribution in [-0.2, 0) is 16.0 Å². The Kier molecular flexibility index (Phi) is 6.60. The third-order valence-electron chi connectivity index (χ3n) is 5.07. The molecule has 1 aliphatic rings. The minimum Gasteiger partial charge on any atom is -0.354 e. The van der Waals surface area contributed by atoms with Gasteiger partial charge in [0, 0.05) is 25.7 Å². The number of likely N-dealkylation sites (tertiary alicyclic amines) is 1. The summed E-state index contributed by atoms with van der Waals surface area (Å²) in [5.74, 6) is -0.0975. The molecule has 1 fully saturated rings. The summed E-state index contributed by atoms with van der Waals surface area (Å²) in [6, 6.07) is 19.2. The van der Waals surface area contributed by atoms with Crippen molar-refractivity contribution in [1.82, 2.24) is 10.2 Å². The zero-order valence-electron chi connectivity index (χ0n) is 15.5. The number of amides is 2. The molecule has 0 spiro atoms. The zero-order valence-corrected chi connectivity index (χ0v) is 15.5. The van der Waals surface area contributed by atoms with E-state index in [4.69, 9.17) is 5.73 Å². The van der Waals surface area contributed by atoms with Crippen LogP contribution in [0.3, 0.4) is 0 Å². The molecule has 0 aromatic heterocycles. The predicted molar refractivity (Wildman–Crippen MR) is 106 cm³/mol. The van der Waals surface area contributed by atoms with Gasteiger partial charge in [0.1, 0.15) is 0 Å². The van der Waals surface area contributed by atoms with Crippen LogP contribution in [0.2, 0.25) is 0 Å². The van der Waals surface area contributed by atoms with Gasteiger partial charge in [0.05, 0.1) is 12.3 Å². The van der Waals surface area contributed by atoms with Gasteiger partial charge in [-0.15, -0.1) is 0 Å². The Hall–Kier alpha value is -2.66. The summed E-state index contributed by atoms with van der Waals surface area (Å²) in [6.07, 6.45) is 2.04. The molecule has 2 aromatic rings. The molecule has 0 aliphatic carbocycles. The Morgan fingerprint density at radius 2 is 1.74 bits per heavy atom. The summed E-state index contributed by atoms with van der Waals surface area (Å²) in [4.78, 5) is 26.9. The quantitative estimate of drug-likeness (QED) is 0.825. The SMILES string of the molecule is NC(CNC(=O)C1CCCN(C(=O)Cc2ccccc2)C1)c1ccccc1. The van der Waals surface area contributed by atoms with Gasteiger partial charge in [-0.1, -0.05) is 60.7 Å². The molecule has 1 heterocycles. The van der Waals surface area contributed by atoms with Crippen LogP contribution in [0.4, 0.5) is 0 Å². The summed E-state index contributed by atoms with van der Waals surface area (Å²) in [6.45, 7) is 1.61. The fourth-order valence-electron chi connectivity index (χ4n) is 3.47. The van der Waals surface area contributed by atoms with Gasteiger partial charge in [0.25, 0.3) is 0 Å². The Labute approximate surface area is 160 Å². The van der Waals surface area contributed by atoms with E-state index in [1.807, 2.05) is 65.6 Å². The number of hydrogen-bond donors (Lipinski definition) is 2. The highest BCUT2D eigenvalue weighted by Crippen LogP contribution is 2.18. The van der Waals surface area contributed by atoms with Gasteiger partial charge in [0.2, 0.25) is 11.8 Å². The number of benzene rings is 2. The normalized spacial score (nSPS) is 18.0. The Bertz CT molecular complexity index is 749. The molecular formula is C22H27N3O2. The van der Waals surface area contributed by atoms with Gasteiger partial charge in [-0.3, -0.25) is 9.59 Å². The minimum atomic E-state index is -0.227. The van der Waals surface area contributed by atoms with E-state index in [0.717, 1.165) is 30.5 Å². The predicted octanol–water partition coefficient (Wildman–Crippen LogP) is 2.28. The van der Waals surface area contributed by atoms with Crippen molar-refractivity contribution >= 4 is 11.8 Å². The lowest BCUT2D eigenvalue weighted by molar-refractivity contribution is -0.135. The van der Waals surface area contributed by atoms with Gasteiger partial charge in [-0.05, 0) is 24.0 Å². The van der Waals surface area contributed by atoms with Crippen LogP contribution in [0, 0.1) is 5.92 Å². The molecular weight excluding hydrogens is 338 g/mol. The van der Waals surface area contributed by atoms with Gasteiger partial charge < -0.3 is 16.0 Å². The lowest BCUT2D eigenvalue weighted by Crippen LogP contribution is -2.46. The van der Waals surface area contributed by atoms with Crippen LogP contribution in [0.15, 0.2) is 60.7 Å². The summed E-state index contributed by atoms with van der Waals surface area (Å²) < 4.78 is 0. The number of nitrogens with zero attached hydrogens (tertiary/aromatic N) is 1. The van der Waals surface area contributed by atoms with E-state index in [2.05, 4.69) is 5.32 Å². The minimum absolute atomic E-state index is 0.0152. The molecule has 2 unspecified atom stereocenters. The molecule has 5 heteroatoms. The lowest BCUT2D eigenvalue weighted by Gasteiger charge is -2.32. The molecule has 27 heavy (non-hydrogen) atoms. The largest absolute Gasteiger partial charge is 0.354 e. The smallest absolute Gasteiger partial charge is 0.227 e. The number of hydrogen-bond acceptors (Lipinski definition) is 3. The maximum absolute atomic E-state index is 12.6. The maximum atomic E-state index is 12.6. The molecule has 5 nitrogen and oxygen atoms in total. The van der Waals surface area contributed by atoms with Crippen LogP contribution in [-0.4, -0.2) is 36.3 Å². The molecule has 2 aromatic carbocycles. The Balaban J connectivity index is 1.49. The third-order valence-corrected chi connectivity index (χ3v) is 5.07. The van der Waals surface area contributed by atoms with E-state index in [-0.39, 0.29) is 23.8 Å². The zero-order chi connectivity index (χ0) is 19.1. The average molecular weight is 365 g/mol. The molecule has 3 N–H and O–H groups in total. The standard InChI is InChI=1S/C22H27N3O2/c23-20(18-10-5-2-6-11-18)15-24-22(27)19-12-7-13-25(16-19)21(26)14-17-8-3-1-4-9-17/h1-6,8-11,19-20H,7,12-16,23H2,(H,24,27). The number of carbonyl (C=O) groups excluding carboxylic acids is 2. The third kappa shape index (κ3) is 5.41. The van der Waals surface area contributed by atoms with Gasteiger partial charge >= 0.3 is 0 Å². The molecule has 2 amide bonds. The molecule has 3 rings (SSSR count). The second kappa shape index (κ2) is 9.33. The highest BCUT2D eigenvalue weighted by atomic mass is 16.2. The van der Waals surface area contributed by atoms with Gasteiger partial charge in [0.15, 0.2) is 0 Å². The fraction of sp³-hybridized carbons (Fsp3) is 0.364. The summed E-state index contributed by atoms with van der Waals surface area (Å²) in [5.41, 5.74) is 8.16. The first-order chi connectivity index (χ1) is 13.1. The number of nitrogens with one attached hydrogen (secondary N) is 1. The average Bonchev–Trinajstić information content (AvgIpc) is 2.73. The number of piperidine rings is 1. The van der Waals surface area contributed by atoms with Crippen molar-refractivity contribution in [3.63, 3.8) is 0 Å². The summed E-state index contributed by atoms with van der Waals surface area (Å²) in [7, 11) is 0. The van der Waals surface area contributed by atoms with Crippen molar-refractivity contribution in [3.8, 4) is 0 Å². The van der Waals surface area contributed by atoms with E-state index >= 15 is 0 Å². The van der Waals surface area contributed by atoms with Crippen LogP contribution in [0.25, 0.3) is 0 Å². The Morgan fingerprint density at radius 3 is 2.44 bits per heavy atom. The second-order valence-corrected chi connectivity index (χ2v) is 7.10. The topological polar surface area (TPSA) is 75.4 Å². The van der Waals surface area contributed by atoms with E-state index in [0.29, 0.717) is 19.5 Å². The first-order valence-electron chi connectivity index (χ1n) is 9.53. The van der Waals surface area contributed by atoms with Crippen molar-refractivity contribution < 1.29 is 9.59 Å². The second-order valence-electron chi connectivity index (χ2n) is 7.10. The van der Waals surface area contributed by atoms with E-state index < -0.39 is 0 Å². The highest BCUT2D eigenvalue weighted by molar-refractivity contribution is 5.82. The maximum Gasteiger partial charge on any atom is 0.227 e. The molecule has 1 saturated heterocycles. The lowest BCUT2D eigenvalue weighted by atomic mass is 9.96. The summed E-state index contributed by atoms with van der Waals surface area (Å²) in [5, 5.41) is 2.96. The van der Waals surface area contributed by atoms with Crippen LogP contribution in [0.5, 0.6) is 0 Å². The molecule has 0 bridgehead atoms. The van der Waals surface area contributed by atoms with Crippen LogP contribution < -0.4 is 11.1 Å². The fourth-order valence-corrected chi connectivity index (χ4v) is 3.47. The van der Waals surface area contributed by atoms with E-state index in [1.54, 1.807) is 0 Å². The first-order valence-corrected chi connectivity index (χ1v) is 9.53. The van der Waals surface area contributed by atoms with Crippen molar-refractivity contribution in [3.05, 3.63) is 71.8 Å². The molecule has 2 atom stereocenters. The first kappa shape index (κ1) is 19.1. The van der Waals surface area contributed by atoms with Crippen molar-refractivity contribution in [2.24, 2.45) is 11.7 Å². The van der Waals surface area contributed by atoms with Crippen molar-refractivity contribution in [1.29, 1.82) is 0 Å². The molecule has 1 aliphatic heterocycles. The monoisotopic (exact) mass is 365 g/mol. The summed E-state index contributed by atoms with van der Waals surface area (Å²) >= 11 is 0. The molecule has 0 saturated carbocycles. The molecule has 0 radical (unpaired) electrons. The van der Waals surface area contributed by atoms with Crippen molar-refractivity contribution in [2.75, 3.05) is 19.6 Å². The van der Waals surface area contributed by atoms with Gasteiger partial charge in [-0.2, -0.15) is 0 Å².